The number of rotatable bonds is 1. The first-order valence-corrected chi connectivity index (χ1v) is 5.60. The van der Waals surface area contributed by atoms with E-state index in [1.807, 2.05) is 35.0 Å². The van der Waals surface area contributed by atoms with E-state index in [0.717, 1.165) is 30.3 Å². The Morgan fingerprint density at radius 1 is 1.31 bits per heavy atom. The third-order valence-electron chi connectivity index (χ3n) is 2.93. The van der Waals surface area contributed by atoms with Crippen molar-refractivity contribution in [1.82, 2.24) is 14.8 Å². The Kier molecular flexibility index (Phi) is 2.13. The van der Waals surface area contributed by atoms with Crippen LogP contribution in [-0.2, 0) is 0 Å². The van der Waals surface area contributed by atoms with Crippen molar-refractivity contribution in [2.75, 3.05) is 11.9 Å². The average molecular weight is 214 g/mol. The number of benzene rings is 1. The molecule has 0 saturated carbocycles. The minimum absolute atomic E-state index is 0.432. The predicted octanol–water partition coefficient (Wildman–Crippen LogP) is 2.32. The molecule has 0 saturated heterocycles. The van der Waals surface area contributed by atoms with Crippen molar-refractivity contribution in [2.45, 2.75) is 19.4 Å². The van der Waals surface area contributed by atoms with Gasteiger partial charge in [0.05, 0.1) is 6.04 Å². The highest BCUT2D eigenvalue weighted by Crippen LogP contribution is 2.24. The zero-order valence-electron chi connectivity index (χ0n) is 9.22. The van der Waals surface area contributed by atoms with Crippen LogP contribution in [0.15, 0.2) is 30.3 Å². The maximum absolute atomic E-state index is 4.55. The molecule has 0 aliphatic carbocycles. The quantitative estimate of drug-likeness (QED) is 0.792. The van der Waals surface area contributed by atoms with Crippen molar-refractivity contribution >= 4 is 5.95 Å². The molecule has 0 fully saturated rings. The molecule has 2 heterocycles. The Hall–Kier alpha value is -1.84. The third-order valence-corrected chi connectivity index (χ3v) is 2.93. The van der Waals surface area contributed by atoms with Gasteiger partial charge in [0.2, 0.25) is 5.95 Å². The maximum atomic E-state index is 4.55. The van der Waals surface area contributed by atoms with Crippen LogP contribution in [0, 0.1) is 0 Å². The average Bonchev–Trinajstić information content (AvgIpc) is 2.76. The van der Waals surface area contributed by atoms with Crippen molar-refractivity contribution in [3.63, 3.8) is 0 Å². The zero-order valence-corrected chi connectivity index (χ0v) is 9.22. The molecule has 1 atom stereocenters. The molecule has 1 unspecified atom stereocenters. The number of hydrogen-bond donors (Lipinski definition) is 1. The summed E-state index contributed by atoms with van der Waals surface area (Å²) in [4.78, 5) is 4.51. The molecule has 1 aliphatic rings. The summed E-state index contributed by atoms with van der Waals surface area (Å²) in [5.74, 6) is 1.69. The van der Waals surface area contributed by atoms with Crippen LogP contribution in [0.25, 0.3) is 11.4 Å². The zero-order chi connectivity index (χ0) is 11.0. The van der Waals surface area contributed by atoms with Gasteiger partial charge in [0.15, 0.2) is 5.82 Å². The molecule has 0 spiro atoms. The maximum Gasteiger partial charge on any atom is 0.221 e. The van der Waals surface area contributed by atoms with Gasteiger partial charge in [0.25, 0.3) is 0 Å². The van der Waals surface area contributed by atoms with Gasteiger partial charge < -0.3 is 5.32 Å². The monoisotopic (exact) mass is 214 g/mol. The smallest absolute Gasteiger partial charge is 0.221 e. The highest BCUT2D eigenvalue weighted by Gasteiger charge is 2.19. The highest BCUT2D eigenvalue weighted by atomic mass is 15.4. The summed E-state index contributed by atoms with van der Waals surface area (Å²) in [5, 5.41) is 7.82. The minimum Gasteiger partial charge on any atom is -0.354 e. The number of fused-ring (bicyclic) bond motifs is 1. The van der Waals surface area contributed by atoms with Gasteiger partial charge in [-0.2, -0.15) is 4.98 Å². The Balaban J connectivity index is 2.05. The van der Waals surface area contributed by atoms with Gasteiger partial charge >= 0.3 is 0 Å². The summed E-state index contributed by atoms with van der Waals surface area (Å²) < 4.78 is 1.98. The molecule has 1 N–H and O–H groups in total. The first kappa shape index (κ1) is 9.39. The van der Waals surface area contributed by atoms with Crippen LogP contribution in [0.2, 0.25) is 0 Å². The molecule has 1 aliphatic heterocycles. The number of nitrogens with one attached hydrogen (secondary N) is 1. The van der Waals surface area contributed by atoms with E-state index in [-0.39, 0.29) is 0 Å². The molecular formula is C12H14N4. The standard InChI is InChI=1S/C12H14N4/c1-9-7-8-13-12-14-11(15-16(9)12)10-5-3-2-4-6-10/h2-6,9H,7-8H2,1H3,(H,13,14,15). The highest BCUT2D eigenvalue weighted by molar-refractivity contribution is 5.56. The summed E-state index contributed by atoms with van der Waals surface area (Å²) in [6.07, 6.45) is 1.10. The van der Waals surface area contributed by atoms with E-state index in [2.05, 4.69) is 22.3 Å². The van der Waals surface area contributed by atoms with Gasteiger partial charge in [0.1, 0.15) is 0 Å². The van der Waals surface area contributed by atoms with Crippen molar-refractivity contribution in [2.24, 2.45) is 0 Å². The van der Waals surface area contributed by atoms with Crippen molar-refractivity contribution in [3.8, 4) is 11.4 Å². The lowest BCUT2D eigenvalue weighted by atomic mass is 10.2. The second-order valence-electron chi connectivity index (χ2n) is 4.13. The molecule has 4 nitrogen and oxygen atoms in total. The summed E-state index contributed by atoms with van der Waals surface area (Å²) in [6, 6.07) is 10.5. The molecule has 2 aromatic rings. The van der Waals surface area contributed by atoms with Crippen molar-refractivity contribution < 1.29 is 0 Å². The largest absolute Gasteiger partial charge is 0.354 e. The van der Waals surface area contributed by atoms with Crippen LogP contribution >= 0.6 is 0 Å². The van der Waals surface area contributed by atoms with Crippen LogP contribution in [-0.4, -0.2) is 21.3 Å². The lowest BCUT2D eigenvalue weighted by Crippen LogP contribution is -2.21. The Bertz CT molecular complexity index is 489. The number of hydrogen-bond acceptors (Lipinski definition) is 3. The van der Waals surface area contributed by atoms with E-state index in [0.29, 0.717) is 6.04 Å². The van der Waals surface area contributed by atoms with Gasteiger partial charge in [0, 0.05) is 12.1 Å². The van der Waals surface area contributed by atoms with E-state index >= 15 is 0 Å². The topological polar surface area (TPSA) is 42.7 Å². The lowest BCUT2D eigenvalue weighted by Gasteiger charge is -2.20. The van der Waals surface area contributed by atoms with Gasteiger partial charge in [-0.25, -0.2) is 4.68 Å². The SMILES string of the molecule is CC1CCNc2nc(-c3ccccc3)nn21. The summed E-state index contributed by atoms with van der Waals surface area (Å²) >= 11 is 0. The Labute approximate surface area is 94.3 Å². The second kappa shape index (κ2) is 3.63. The number of anilines is 1. The number of aromatic nitrogens is 3. The van der Waals surface area contributed by atoms with E-state index in [1.165, 1.54) is 0 Å². The molecule has 4 heteroatoms. The van der Waals surface area contributed by atoms with Crippen molar-refractivity contribution in [3.05, 3.63) is 30.3 Å². The van der Waals surface area contributed by atoms with Gasteiger partial charge in [-0.1, -0.05) is 30.3 Å². The molecule has 0 amide bonds. The van der Waals surface area contributed by atoms with E-state index < -0.39 is 0 Å². The molecule has 3 rings (SSSR count). The van der Waals surface area contributed by atoms with E-state index in [9.17, 15) is 0 Å². The third kappa shape index (κ3) is 1.46. The fraction of sp³-hybridized carbons (Fsp3) is 0.333. The predicted molar refractivity (Wildman–Crippen MR) is 63.3 cm³/mol. The van der Waals surface area contributed by atoms with Crippen LogP contribution in [0.4, 0.5) is 5.95 Å². The van der Waals surface area contributed by atoms with E-state index in [1.54, 1.807) is 0 Å². The summed E-state index contributed by atoms with van der Waals surface area (Å²) in [6.45, 7) is 3.15. The summed E-state index contributed by atoms with van der Waals surface area (Å²) in [5.41, 5.74) is 1.07. The molecule has 0 bridgehead atoms. The minimum atomic E-state index is 0.432. The fourth-order valence-corrected chi connectivity index (χ4v) is 1.98. The van der Waals surface area contributed by atoms with Crippen LogP contribution in [0.5, 0.6) is 0 Å². The first-order chi connectivity index (χ1) is 7.84. The molecular weight excluding hydrogens is 200 g/mol. The van der Waals surface area contributed by atoms with Gasteiger partial charge in [-0.05, 0) is 13.3 Å². The Morgan fingerprint density at radius 2 is 2.12 bits per heavy atom. The van der Waals surface area contributed by atoms with Crippen LogP contribution < -0.4 is 5.32 Å². The van der Waals surface area contributed by atoms with Crippen molar-refractivity contribution in [1.29, 1.82) is 0 Å². The Morgan fingerprint density at radius 3 is 2.88 bits per heavy atom. The molecule has 16 heavy (non-hydrogen) atoms. The van der Waals surface area contributed by atoms with E-state index in [4.69, 9.17) is 0 Å². The summed E-state index contributed by atoms with van der Waals surface area (Å²) in [7, 11) is 0. The van der Waals surface area contributed by atoms with Gasteiger partial charge in [-0.15, -0.1) is 5.10 Å². The lowest BCUT2D eigenvalue weighted by molar-refractivity contribution is 0.452. The molecule has 82 valence electrons. The molecule has 0 radical (unpaired) electrons. The normalized spacial score (nSPS) is 18.9. The van der Waals surface area contributed by atoms with Crippen LogP contribution in [0.1, 0.15) is 19.4 Å². The van der Waals surface area contributed by atoms with Gasteiger partial charge in [-0.3, -0.25) is 0 Å². The number of nitrogens with zero attached hydrogens (tertiary/aromatic N) is 3. The fourth-order valence-electron chi connectivity index (χ4n) is 1.98. The first-order valence-electron chi connectivity index (χ1n) is 5.60. The second-order valence-corrected chi connectivity index (χ2v) is 4.13. The molecule has 1 aromatic carbocycles. The van der Waals surface area contributed by atoms with Crippen LogP contribution in [0.3, 0.4) is 0 Å². The molecule has 1 aromatic heterocycles.